The second-order valence-corrected chi connectivity index (χ2v) is 29.5. The first-order valence-electron chi connectivity index (χ1n) is 31.5. The summed E-state index contributed by atoms with van der Waals surface area (Å²) in [4.78, 5) is 10.2. The van der Waals surface area contributed by atoms with Crippen molar-refractivity contribution in [2.45, 2.75) is 110 Å². The van der Waals surface area contributed by atoms with E-state index in [0.717, 1.165) is 105 Å². The zero-order chi connectivity index (χ0) is 62.6. The number of imidazole rings is 1. The Bertz CT molecular complexity index is 4690. The maximum atomic E-state index is 7.48. The predicted octanol–water partition coefficient (Wildman–Crippen LogP) is 22.2. The molecule has 0 amide bonds. The van der Waals surface area contributed by atoms with E-state index in [1.165, 1.54) is 33.4 Å². The van der Waals surface area contributed by atoms with Crippen molar-refractivity contribution in [1.82, 2.24) is 14.1 Å². The summed E-state index contributed by atoms with van der Waals surface area (Å²) in [6.45, 7) is 27.6. The number of ether oxygens (including phenoxy) is 1. The van der Waals surface area contributed by atoms with E-state index >= 15 is 0 Å². The molecule has 0 fully saturated rings. The monoisotopic (exact) mass is 1350 g/mol. The fourth-order valence-electron chi connectivity index (χ4n) is 13.7. The summed E-state index contributed by atoms with van der Waals surface area (Å²) in [6, 6.07) is 89.6. The fraction of sp³-hybridized carbons (Fsp3) is 0.205. The number of benzene rings is 10. The Balaban J connectivity index is 0.986. The van der Waals surface area contributed by atoms with Crippen molar-refractivity contribution in [3.63, 3.8) is 0 Å². The first-order valence-corrected chi connectivity index (χ1v) is 32.6. The van der Waals surface area contributed by atoms with Crippen LogP contribution in [0.1, 0.15) is 128 Å². The zero-order valence-electron chi connectivity index (χ0n) is 53.6. The van der Waals surface area contributed by atoms with Gasteiger partial charge < -0.3 is 4.90 Å². The fourth-order valence-corrected chi connectivity index (χ4v) is 14.8. The number of pyridine rings is 1. The van der Waals surface area contributed by atoms with E-state index in [0.29, 0.717) is 0 Å². The predicted molar refractivity (Wildman–Crippen MR) is 371 cm³/mol. The van der Waals surface area contributed by atoms with E-state index in [-0.39, 0.29) is 21.7 Å². The standard InChI is InChI=1S/C83H77N5O.Pt/c1-79(2,3)57-44-45-84-77(51-57)88-73-39-24-21-36-69(73)83(67-34-19-22-37-71(67)87(72-38-23-20-35-68(72)83)62-48-58(80(4,5)6)46-59(49-62)81(7,8)9)70-43-42-63(53-76(70)88)89-64-50-60(82(10,11)12)47-61(52-64)85-54-86(75-41-26-25-40-74(75)85)78-65(55-28-15-13-16-29-55)32-27-33-66(78)56-30-17-14-18-31-56;/h13-53H,1-12H3;. The Morgan fingerprint density at radius 1 is 0.356 bits per heavy atom. The third-order valence-electron chi connectivity index (χ3n) is 18.4. The van der Waals surface area contributed by atoms with E-state index in [2.05, 4.69) is 364 Å². The number of hydrogen-bond acceptors (Lipinski definition) is 4. The molecule has 10 aromatic carbocycles. The number of nitrogens with zero attached hydrogens (tertiary/aromatic N) is 5. The number of para-hydroxylation sites is 6. The van der Waals surface area contributed by atoms with E-state index in [1.54, 1.807) is 0 Å². The first-order chi connectivity index (χ1) is 43.1. The molecule has 4 heterocycles. The number of fused-ring (bicyclic) bond motifs is 9. The van der Waals surface area contributed by atoms with Gasteiger partial charge in [-0.3, -0.25) is 0 Å². The summed E-state index contributed by atoms with van der Waals surface area (Å²) in [5, 5.41) is 0. The van der Waals surface area contributed by atoms with Crippen molar-refractivity contribution in [3.8, 4) is 45.1 Å². The molecule has 7 heteroatoms. The van der Waals surface area contributed by atoms with E-state index in [4.69, 9.17) is 9.72 Å². The SMILES string of the molecule is CC(C)(C)c1cc(Oc2ccc3c(c2)N(c2cc(C(C)(C)C)ccn2)c2ccccc2C32c3ccccc3N(c3cc(C(C)(C)C)cc(C(C)(C)C)c3)c3ccccc32)cc(-n2[c](=[Pt])n(-c3c(-c4ccccc4)cccc3-c3ccccc3)c3ccccc32)c1. The molecule has 12 aromatic rings. The average molecular weight is 1360 g/mol. The average Bonchev–Trinajstić information content (AvgIpc) is 0.788. The van der Waals surface area contributed by atoms with Gasteiger partial charge in [0.15, 0.2) is 0 Å². The van der Waals surface area contributed by atoms with Crippen molar-refractivity contribution in [2.75, 3.05) is 9.80 Å². The Kier molecular flexibility index (Phi) is 14.2. The van der Waals surface area contributed by atoms with Crippen LogP contribution in [0.4, 0.5) is 34.3 Å². The van der Waals surface area contributed by atoms with Gasteiger partial charge >= 0.3 is 331 Å². The number of hydrogen-bond donors (Lipinski definition) is 0. The van der Waals surface area contributed by atoms with Crippen LogP contribution in [0.15, 0.2) is 249 Å². The van der Waals surface area contributed by atoms with Gasteiger partial charge in [0.05, 0.1) is 11.4 Å². The Hall–Kier alpha value is -9.09. The Morgan fingerprint density at radius 3 is 1.34 bits per heavy atom. The summed E-state index contributed by atoms with van der Waals surface area (Å²) >= 11 is 2.56. The quantitative estimate of drug-likeness (QED) is 0.152. The van der Waals surface area contributed by atoms with Crippen LogP contribution in [-0.2, 0) is 46.4 Å². The van der Waals surface area contributed by atoms with Gasteiger partial charge in [-0.05, 0) is 63.3 Å². The molecule has 2 aliphatic heterocycles. The summed E-state index contributed by atoms with van der Waals surface area (Å²) in [5.74, 6) is 2.31. The van der Waals surface area contributed by atoms with E-state index in [1.807, 2.05) is 6.20 Å². The van der Waals surface area contributed by atoms with E-state index < -0.39 is 5.41 Å². The molecule has 0 unspecified atom stereocenters. The molecule has 0 saturated heterocycles. The second kappa shape index (κ2) is 21.8. The van der Waals surface area contributed by atoms with Gasteiger partial charge in [0.1, 0.15) is 0 Å². The number of anilines is 6. The first kappa shape index (κ1) is 58.6. The van der Waals surface area contributed by atoms with Crippen molar-refractivity contribution < 1.29 is 24.1 Å². The van der Waals surface area contributed by atoms with Crippen molar-refractivity contribution in [3.05, 3.63) is 297 Å². The molecule has 2 aliphatic rings. The third kappa shape index (κ3) is 9.90. The van der Waals surface area contributed by atoms with Gasteiger partial charge in [-0.2, -0.15) is 0 Å². The summed E-state index contributed by atoms with van der Waals surface area (Å²) in [7, 11) is 0. The minimum absolute atomic E-state index is 0.0782. The molecular formula is C83H77N5OPt. The topological polar surface area (TPSA) is 38.5 Å². The van der Waals surface area contributed by atoms with Crippen LogP contribution in [0.25, 0.3) is 44.7 Å². The molecule has 1 spiro atoms. The van der Waals surface area contributed by atoms with Crippen molar-refractivity contribution in [2.24, 2.45) is 0 Å². The number of aromatic nitrogens is 3. The zero-order valence-corrected chi connectivity index (χ0v) is 55.9. The molecule has 0 N–H and O–H groups in total. The summed E-state index contributed by atoms with van der Waals surface area (Å²) in [6.07, 6.45) is 1.97. The minimum atomic E-state index is -0.777. The molecule has 0 atom stereocenters. The van der Waals surface area contributed by atoms with Crippen molar-refractivity contribution >= 4 is 45.3 Å². The Morgan fingerprint density at radius 2 is 0.811 bits per heavy atom. The van der Waals surface area contributed by atoms with E-state index in [9.17, 15) is 0 Å². The normalized spacial score (nSPS) is 13.7. The summed E-state index contributed by atoms with van der Waals surface area (Å²) in [5.41, 5.74) is 22.9. The van der Waals surface area contributed by atoms with Crippen LogP contribution >= 0.6 is 0 Å². The van der Waals surface area contributed by atoms with Gasteiger partial charge in [0.25, 0.3) is 0 Å². The van der Waals surface area contributed by atoms with Crippen LogP contribution < -0.4 is 14.5 Å². The summed E-state index contributed by atoms with van der Waals surface area (Å²) < 4.78 is 13.4. The molecule has 0 bridgehead atoms. The Labute approximate surface area is 542 Å². The van der Waals surface area contributed by atoms with Crippen LogP contribution in [0.3, 0.4) is 0 Å². The van der Waals surface area contributed by atoms with Crippen LogP contribution in [0.5, 0.6) is 11.5 Å². The molecule has 2 aromatic heterocycles. The van der Waals surface area contributed by atoms with Crippen LogP contribution in [0.2, 0.25) is 0 Å². The molecule has 0 radical (unpaired) electrons. The molecule has 450 valence electrons. The van der Waals surface area contributed by atoms with Crippen LogP contribution in [-0.4, -0.2) is 14.1 Å². The van der Waals surface area contributed by atoms with Crippen molar-refractivity contribution in [1.29, 1.82) is 0 Å². The second-order valence-electron chi connectivity index (χ2n) is 28.5. The molecular weight excluding hydrogens is 1280 g/mol. The molecule has 14 rings (SSSR count). The third-order valence-corrected chi connectivity index (χ3v) is 19.4. The molecule has 90 heavy (non-hydrogen) atoms. The van der Waals surface area contributed by atoms with Crippen LogP contribution in [0, 0.1) is 3.80 Å². The maximum absolute atomic E-state index is 7.48. The van der Waals surface area contributed by atoms with Gasteiger partial charge in [-0.1, -0.05) is 123 Å². The molecule has 0 aliphatic carbocycles. The number of rotatable bonds is 8. The van der Waals surface area contributed by atoms with Gasteiger partial charge in [-0.15, -0.1) is 0 Å². The van der Waals surface area contributed by atoms with Gasteiger partial charge in [0.2, 0.25) is 0 Å². The molecule has 6 nitrogen and oxygen atoms in total. The molecule has 0 saturated carbocycles. The van der Waals surface area contributed by atoms with Gasteiger partial charge in [-0.25, -0.2) is 0 Å². The van der Waals surface area contributed by atoms with Gasteiger partial charge in [0, 0.05) is 11.9 Å².